The van der Waals surface area contributed by atoms with E-state index in [0.717, 1.165) is 27.8 Å². The molecule has 2 heterocycles. The second-order valence-electron chi connectivity index (χ2n) is 11.6. The zero-order valence-electron chi connectivity index (χ0n) is 29.1. The summed E-state index contributed by atoms with van der Waals surface area (Å²) in [6, 6.07) is 12.8. The van der Waals surface area contributed by atoms with Gasteiger partial charge in [0.15, 0.2) is 0 Å². The number of hydrogen-bond donors (Lipinski definition) is 0. The van der Waals surface area contributed by atoms with Crippen LogP contribution in [0.2, 0.25) is 0 Å². The number of aromatic nitrogens is 2. The smallest absolute Gasteiger partial charge is 0.324 e. The molecule has 0 aliphatic rings. The molecule has 262 valence electrons. The Morgan fingerprint density at radius 3 is 1.71 bits per heavy atom. The Balaban J connectivity index is 0.000000266. The molecule has 0 saturated carbocycles. The zero-order valence-corrected chi connectivity index (χ0v) is 30.7. The van der Waals surface area contributed by atoms with E-state index in [4.69, 9.17) is 18.9 Å². The summed E-state index contributed by atoms with van der Waals surface area (Å²) < 4.78 is 49.0. The van der Waals surface area contributed by atoms with E-state index in [-0.39, 0.29) is 42.5 Å². The van der Waals surface area contributed by atoms with Crippen LogP contribution >= 0.6 is 15.9 Å². The maximum atomic E-state index is 14.3. The number of carbonyl (C=O) groups is 2. The number of rotatable bonds is 12. The third-order valence-electron chi connectivity index (χ3n) is 7.55. The molecule has 0 saturated heterocycles. The highest BCUT2D eigenvalue weighted by atomic mass is 79.9. The molecular formula is C38H43BrF2N2O6. The van der Waals surface area contributed by atoms with Crippen LogP contribution in [-0.2, 0) is 25.5 Å². The highest BCUT2D eigenvalue weighted by molar-refractivity contribution is 9.09. The van der Waals surface area contributed by atoms with E-state index in [0.29, 0.717) is 35.1 Å². The minimum atomic E-state index is -0.695. The number of carbonyl (C=O) groups excluding carboxylic acids is 2. The van der Waals surface area contributed by atoms with Crippen LogP contribution in [0.1, 0.15) is 80.5 Å². The Morgan fingerprint density at radius 2 is 1.22 bits per heavy atom. The van der Waals surface area contributed by atoms with Gasteiger partial charge in [0.2, 0.25) is 11.8 Å². The van der Waals surface area contributed by atoms with Crippen molar-refractivity contribution in [3.05, 3.63) is 94.8 Å². The normalized spacial score (nSPS) is 11.4. The Morgan fingerprint density at radius 1 is 0.735 bits per heavy atom. The van der Waals surface area contributed by atoms with Crippen molar-refractivity contribution in [2.75, 3.05) is 27.4 Å². The SMILES string of the molecule is CCOC(=O)C(Br)c1c(-c2ccnc(OC)c2)cc(F)cc1C(C)C.CCOC(=O)Cc1c(-c2ccnc(OC)c2)cc(F)cc1C(C)C. The van der Waals surface area contributed by atoms with E-state index in [1.807, 2.05) is 27.7 Å². The molecule has 8 nitrogen and oxygen atoms in total. The van der Waals surface area contributed by atoms with Crippen LogP contribution in [0.3, 0.4) is 0 Å². The van der Waals surface area contributed by atoms with Gasteiger partial charge in [0.1, 0.15) is 16.5 Å². The number of hydrogen-bond acceptors (Lipinski definition) is 8. The van der Waals surface area contributed by atoms with E-state index in [2.05, 4.69) is 25.9 Å². The Kier molecular flexibility index (Phi) is 14.7. The predicted molar refractivity (Wildman–Crippen MR) is 189 cm³/mol. The predicted octanol–water partition coefficient (Wildman–Crippen LogP) is 9.14. The van der Waals surface area contributed by atoms with Gasteiger partial charge in [0, 0.05) is 24.5 Å². The molecule has 0 bridgehead atoms. The van der Waals surface area contributed by atoms with Crippen molar-refractivity contribution >= 4 is 27.9 Å². The Labute approximate surface area is 295 Å². The van der Waals surface area contributed by atoms with Gasteiger partial charge in [-0.15, -0.1) is 0 Å². The summed E-state index contributed by atoms with van der Waals surface area (Å²) in [5, 5.41) is 0. The summed E-state index contributed by atoms with van der Waals surface area (Å²) in [7, 11) is 3.04. The molecule has 1 atom stereocenters. The van der Waals surface area contributed by atoms with Crippen LogP contribution in [0, 0.1) is 11.6 Å². The first-order chi connectivity index (χ1) is 23.3. The van der Waals surface area contributed by atoms with Crippen molar-refractivity contribution in [2.24, 2.45) is 0 Å². The minimum Gasteiger partial charge on any atom is -0.481 e. The van der Waals surface area contributed by atoms with Crippen LogP contribution in [0.5, 0.6) is 11.8 Å². The van der Waals surface area contributed by atoms with Crippen LogP contribution in [-0.4, -0.2) is 49.3 Å². The van der Waals surface area contributed by atoms with E-state index in [1.165, 1.54) is 38.5 Å². The number of ether oxygens (including phenoxy) is 4. The molecule has 0 aliphatic heterocycles. The lowest BCUT2D eigenvalue weighted by Gasteiger charge is -2.21. The molecule has 2 aromatic carbocycles. The highest BCUT2D eigenvalue weighted by Gasteiger charge is 2.27. The summed E-state index contributed by atoms with van der Waals surface area (Å²) in [4.78, 5) is 31.8. The first-order valence-electron chi connectivity index (χ1n) is 16.0. The van der Waals surface area contributed by atoms with Gasteiger partial charge in [0.05, 0.1) is 33.9 Å². The van der Waals surface area contributed by atoms with Crippen molar-refractivity contribution < 1.29 is 37.3 Å². The minimum absolute atomic E-state index is 0.0302. The van der Waals surface area contributed by atoms with Crippen LogP contribution in [0.15, 0.2) is 60.9 Å². The lowest BCUT2D eigenvalue weighted by molar-refractivity contribution is -0.143. The lowest BCUT2D eigenvalue weighted by Crippen LogP contribution is -2.14. The number of alkyl halides is 1. The summed E-state index contributed by atoms with van der Waals surface area (Å²) in [6.45, 7) is 12.0. The van der Waals surface area contributed by atoms with Crippen molar-refractivity contribution in [3.63, 3.8) is 0 Å². The van der Waals surface area contributed by atoms with Crippen molar-refractivity contribution in [1.82, 2.24) is 9.97 Å². The van der Waals surface area contributed by atoms with E-state index in [9.17, 15) is 18.4 Å². The van der Waals surface area contributed by atoms with Gasteiger partial charge < -0.3 is 18.9 Å². The summed E-state index contributed by atoms with van der Waals surface area (Å²) in [5.74, 6) is -0.466. The number of pyridine rings is 2. The van der Waals surface area contributed by atoms with Gasteiger partial charge in [0.25, 0.3) is 0 Å². The molecular weight excluding hydrogens is 698 g/mol. The average Bonchev–Trinajstić information content (AvgIpc) is 3.08. The van der Waals surface area contributed by atoms with Crippen LogP contribution in [0.4, 0.5) is 8.78 Å². The zero-order chi connectivity index (χ0) is 36.2. The molecule has 0 aliphatic carbocycles. The monoisotopic (exact) mass is 740 g/mol. The van der Waals surface area contributed by atoms with Gasteiger partial charge in [-0.2, -0.15) is 0 Å². The molecule has 0 amide bonds. The van der Waals surface area contributed by atoms with Gasteiger partial charge in [-0.3, -0.25) is 9.59 Å². The summed E-state index contributed by atoms with van der Waals surface area (Å²) in [6.07, 6.45) is 3.29. The fraction of sp³-hybridized carbons (Fsp3) is 0.368. The van der Waals surface area contributed by atoms with Gasteiger partial charge >= 0.3 is 11.9 Å². The summed E-state index contributed by atoms with van der Waals surface area (Å²) >= 11 is 3.44. The Hall–Kier alpha value is -4.38. The maximum Gasteiger partial charge on any atom is 0.324 e. The second kappa shape index (κ2) is 18.4. The Bertz CT molecular complexity index is 1750. The van der Waals surface area contributed by atoms with Gasteiger partial charge in [-0.1, -0.05) is 43.6 Å². The van der Waals surface area contributed by atoms with Crippen LogP contribution < -0.4 is 9.47 Å². The fourth-order valence-electron chi connectivity index (χ4n) is 5.33. The highest BCUT2D eigenvalue weighted by Crippen LogP contribution is 2.40. The molecule has 11 heteroatoms. The summed E-state index contributed by atoms with van der Waals surface area (Å²) in [5.41, 5.74) is 5.77. The van der Waals surface area contributed by atoms with Gasteiger partial charge in [-0.25, -0.2) is 18.7 Å². The van der Waals surface area contributed by atoms with E-state index >= 15 is 0 Å². The standard InChI is InChI=1S/C19H21BrFNO3.C19H22FNO3/c1-5-25-19(23)18(20)17-14(11(2)3)9-13(21)10-15(17)12-6-7-22-16(8-12)24-4;1-5-24-19(22)11-17-15(12(2)3)9-14(20)10-16(17)13-6-7-21-18(8-13)23-4/h6-11,18H,5H2,1-4H3;6-10,12H,5,11H2,1-4H3. The molecule has 0 N–H and O–H groups in total. The molecule has 0 fully saturated rings. The van der Waals surface area contributed by atoms with Crippen molar-refractivity contribution in [1.29, 1.82) is 0 Å². The maximum absolute atomic E-state index is 14.3. The number of nitrogens with zero attached hydrogens (tertiary/aromatic N) is 2. The van der Waals surface area contributed by atoms with Gasteiger partial charge in [-0.05, 0) is 107 Å². The topological polar surface area (TPSA) is 96.8 Å². The average molecular weight is 742 g/mol. The van der Waals surface area contributed by atoms with E-state index in [1.54, 1.807) is 50.5 Å². The molecule has 0 spiro atoms. The fourth-order valence-corrected chi connectivity index (χ4v) is 5.98. The van der Waals surface area contributed by atoms with Crippen molar-refractivity contribution in [2.45, 2.75) is 64.6 Å². The molecule has 0 radical (unpaired) electrons. The van der Waals surface area contributed by atoms with Crippen LogP contribution in [0.25, 0.3) is 22.3 Å². The largest absolute Gasteiger partial charge is 0.481 e. The first-order valence-corrected chi connectivity index (χ1v) is 16.9. The number of esters is 2. The molecule has 49 heavy (non-hydrogen) atoms. The molecule has 4 aromatic rings. The molecule has 4 rings (SSSR count). The quantitative estimate of drug-likeness (QED) is 0.105. The number of methoxy groups -OCH3 is 2. The third-order valence-corrected chi connectivity index (χ3v) is 8.39. The second-order valence-corrected chi connectivity index (χ2v) is 12.5. The number of benzene rings is 2. The third kappa shape index (κ3) is 10.3. The van der Waals surface area contributed by atoms with Crippen molar-refractivity contribution in [3.8, 4) is 34.0 Å². The molecule has 1 unspecified atom stereocenters. The van der Waals surface area contributed by atoms with E-state index < -0.39 is 10.8 Å². The first kappa shape index (κ1) is 39.1. The molecule has 2 aromatic heterocycles. The lowest BCUT2D eigenvalue weighted by atomic mass is 9.88. The number of halogens is 3.